The average molecular weight is 501 g/mol. The summed E-state index contributed by atoms with van der Waals surface area (Å²) in [6.07, 6.45) is 7.93. The number of esters is 1. The van der Waals surface area contributed by atoms with Crippen LogP contribution < -0.4 is 4.74 Å². The van der Waals surface area contributed by atoms with E-state index in [2.05, 4.69) is 30.0 Å². The van der Waals surface area contributed by atoms with Gasteiger partial charge in [0, 0.05) is 16.7 Å². The molecule has 37 heavy (non-hydrogen) atoms. The third-order valence-electron chi connectivity index (χ3n) is 8.74. The van der Waals surface area contributed by atoms with Crippen LogP contribution in [0.3, 0.4) is 0 Å². The van der Waals surface area contributed by atoms with E-state index in [1.165, 1.54) is 51.2 Å². The van der Waals surface area contributed by atoms with Crippen LogP contribution in [0.1, 0.15) is 79.4 Å². The largest absolute Gasteiger partial charge is 0.490 e. The van der Waals surface area contributed by atoms with Gasteiger partial charge in [-0.25, -0.2) is 4.79 Å². The second-order valence-electron chi connectivity index (χ2n) is 12.0. The Morgan fingerprint density at radius 1 is 0.946 bits per heavy atom. The molecule has 2 aromatic rings. The quantitative estimate of drug-likeness (QED) is 0.380. The van der Waals surface area contributed by atoms with Crippen molar-refractivity contribution in [1.29, 1.82) is 0 Å². The van der Waals surface area contributed by atoms with Crippen molar-refractivity contribution in [2.75, 3.05) is 20.3 Å². The summed E-state index contributed by atoms with van der Waals surface area (Å²) in [5.41, 5.74) is 3.91. The minimum Gasteiger partial charge on any atom is -0.490 e. The van der Waals surface area contributed by atoms with Gasteiger partial charge in [-0.15, -0.1) is 0 Å². The van der Waals surface area contributed by atoms with Gasteiger partial charge in [0.05, 0.1) is 19.3 Å². The maximum atomic E-state index is 11.7. The van der Waals surface area contributed by atoms with E-state index in [-0.39, 0.29) is 17.5 Å². The molecule has 1 heterocycles. The first-order valence-corrected chi connectivity index (χ1v) is 13.6. The van der Waals surface area contributed by atoms with Crippen LogP contribution in [0.5, 0.6) is 5.75 Å². The van der Waals surface area contributed by atoms with Crippen LogP contribution in [-0.4, -0.2) is 38.2 Å². The Morgan fingerprint density at radius 3 is 2.16 bits per heavy atom. The predicted molar refractivity (Wildman–Crippen MR) is 140 cm³/mol. The highest BCUT2D eigenvalue weighted by Crippen LogP contribution is 2.62. The summed E-state index contributed by atoms with van der Waals surface area (Å²) in [7, 11) is 1.39. The molecule has 7 rings (SSSR count). The van der Waals surface area contributed by atoms with Crippen LogP contribution in [0.2, 0.25) is 0 Å². The fourth-order valence-electron chi connectivity index (χ4n) is 7.57. The van der Waals surface area contributed by atoms with Crippen LogP contribution in [0, 0.1) is 29.6 Å². The van der Waals surface area contributed by atoms with Crippen molar-refractivity contribution in [3.8, 4) is 17.6 Å². The topological polar surface area (TPSA) is 54.0 Å². The molecule has 1 unspecified atom stereocenters. The van der Waals surface area contributed by atoms with Crippen LogP contribution in [-0.2, 0) is 19.6 Å². The Hall–Kier alpha value is -2.81. The minimum atomic E-state index is -0.550. The zero-order valence-corrected chi connectivity index (χ0v) is 22.0. The van der Waals surface area contributed by atoms with Gasteiger partial charge in [0.15, 0.2) is 5.79 Å². The lowest BCUT2D eigenvalue weighted by atomic mass is 9.48. The lowest BCUT2D eigenvalue weighted by Gasteiger charge is -2.57. The zero-order valence-electron chi connectivity index (χ0n) is 22.0. The van der Waals surface area contributed by atoms with Gasteiger partial charge >= 0.3 is 5.97 Å². The Kier molecular flexibility index (Phi) is 6.29. The number of carbonyl (C=O) groups is 1. The fraction of sp³-hybridized carbons (Fsp3) is 0.531. The predicted octanol–water partition coefficient (Wildman–Crippen LogP) is 5.87. The van der Waals surface area contributed by atoms with Crippen LogP contribution in [0.15, 0.2) is 42.5 Å². The van der Waals surface area contributed by atoms with Gasteiger partial charge in [0.2, 0.25) is 0 Å². The van der Waals surface area contributed by atoms with Crippen molar-refractivity contribution in [2.24, 2.45) is 17.8 Å². The smallest absolute Gasteiger partial charge is 0.337 e. The number of benzene rings is 2. The van der Waals surface area contributed by atoms with Crippen molar-refractivity contribution in [1.82, 2.24) is 0 Å². The van der Waals surface area contributed by atoms with Crippen molar-refractivity contribution < 1.29 is 23.7 Å². The Labute approximate surface area is 219 Å². The van der Waals surface area contributed by atoms with Crippen molar-refractivity contribution in [2.45, 2.75) is 69.7 Å². The molecular weight excluding hydrogens is 464 g/mol. The van der Waals surface area contributed by atoms with E-state index in [1.807, 2.05) is 26.0 Å². The van der Waals surface area contributed by atoms with Gasteiger partial charge in [-0.3, -0.25) is 0 Å². The molecule has 0 amide bonds. The summed E-state index contributed by atoms with van der Waals surface area (Å²) >= 11 is 0. The molecule has 194 valence electrons. The van der Waals surface area contributed by atoms with Gasteiger partial charge in [-0.05, 0) is 118 Å². The zero-order chi connectivity index (χ0) is 25.6. The number of hydrogen-bond acceptors (Lipinski definition) is 5. The lowest BCUT2D eigenvalue weighted by Crippen LogP contribution is -2.48. The SMILES string of the molecule is COC(=O)c1ccc(C#Cc2ccc(OCC3COC(C)(C)O3)c(C34CC5CC(CC(C5)C3)C4)c2)cc1. The highest BCUT2D eigenvalue weighted by molar-refractivity contribution is 5.89. The number of methoxy groups -OCH3 is 1. The summed E-state index contributed by atoms with van der Waals surface area (Å²) < 4.78 is 23.0. The standard InChI is InChI=1S/C32H36O5/c1-31(2)36-20-27(37-31)19-35-29-11-8-22(5-4-21-6-9-26(10-7-21)30(33)34-3)15-28(29)32-16-23-12-24(17-32)14-25(13-23)18-32/h6-11,15,23-25,27H,12-14,16-20H2,1-3H3. The van der Waals surface area contributed by atoms with Gasteiger partial charge < -0.3 is 18.9 Å². The van der Waals surface area contributed by atoms with Gasteiger partial charge in [-0.2, -0.15) is 0 Å². The van der Waals surface area contributed by atoms with E-state index in [1.54, 1.807) is 12.1 Å². The summed E-state index contributed by atoms with van der Waals surface area (Å²) in [6, 6.07) is 13.7. The first-order valence-electron chi connectivity index (χ1n) is 13.6. The van der Waals surface area contributed by atoms with E-state index in [0.29, 0.717) is 18.8 Å². The molecule has 5 aliphatic rings. The third-order valence-corrected chi connectivity index (χ3v) is 8.74. The molecule has 0 N–H and O–H groups in total. The molecule has 4 saturated carbocycles. The van der Waals surface area contributed by atoms with E-state index < -0.39 is 5.79 Å². The van der Waals surface area contributed by atoms with Gasteiger partial charge in [-0.1, -0.05) is 11.8 Å². The monoisotopic (exact) mass is 500 g/mol. The molecule has 4 bridgehead atoms. The molecule has 1 aliphatic heterocycles. The summed E-state index contributed by atoms with van der Waals surface area (Å²) in [5.74, 6) is 9.25. The molecule has 5 fully saturated rings. The molecule has 4 aliphatic carbocycles. The summed E-state index contributed by atoms with van der Waals surface area (Å²) in [6.45, 7) is 4.94. The Morgan fingerprint density at radius 2 is 1.57 bits per heavy atom. The van der Waals surface area contributed by atoms with Crippen molar-refractivity contribution in [3.63, 3.8) is 0 Å². The minimum absolute atomic E-state index is 0.0633. The van der Waals surface area contributed by atoms with Gasteiger partial charge in [0.25, 0.3) is 0 Å². The number of hydrogen-bond donors (Lipinski definition) is 0. The highest BCUT2D eigenvalue weighted by atomic mass is 16.7. The molecule has 2 aromatic carbocycles. The van der Waals surface area contributed by atoms with Gasteiger partial charge in [0.1, 0.15) is 18.5 Å². The number of carbonyl (C=O) groups excluding carboxylic acids is 1. The second kappa shape index (κ2) is 9.49. The third kappa shape index (κ3) is 5.02. The Bertz CT molecular complexity index is 1200. The molecule has 5 heteroatoms. The lowest BCUT2D eigenvalue weighted by molar-refractivity contribution is -0.141. The number of ether oxygens (including phenoxy) is 4. The first-order chi connectivity index (χ1) is 17.8. The maximum absolute atomic E-state index is 11.7. The van der Waals surface area contributed by atoms with Crippen LogP contribution in [0.25, 0.3) is 0 Å². The Balaban J connectivity index is 1.28. The molecule has 5 nitrogen and oxygen atoms in total. The number of rotatable bonds is 5. The average Bonchev–Trinajstić information content (AvgIpc) is 3.24. The molecule has 0 radical (unpaired) electrons. The van der Waals surface area contributed by atoms with Crippen LogP contribution >= 0.6 is 0 Å². The van der Waals surface area contributed by atoms with Crippen LogP contribution in [0.4, 0.5) is 0 Å². The van der Waals surface area contributed by atoms with E-state index in [4.69, 9.17) is 18.9 Å². The van der Waals surface area contributed by atoms with E-state index in [0.717, 1.165) is 34.6 Å². The highest BCUT2D eigenvalue weighted by Gasteiger charge is 2.52. The molecule has 0 spiro atoms. The molecule has 0 aromatic heterocycles. The normalized spacial score (nSPS) is 31.0. The molecule has 1 saturated heterocycles. The van der Waals surface area contributed by atoms with Crippen molar-refractivity contribution >= 4 is 5.97 Å². The molecular formula is C32H36O5. The fourth-order valence-corrected chi connectivity index (χ4v) is 7.57. The first kappa shape index (κ1) is 24.5. The summed E-state index contributed by atoms with van der Waals surface area (Å²) in [5, 5.41) is 0. The van der Waals surface area contributed by atoms with E-state index in [9.17, 15) is 4.79 Å². The maximum Gasteiger partial charge on any atom is 0.337 e. The summed E-state index contributed by atoms with van der Waals surface area (Å²) in [4.78, 5) is 11.7. The second-order valence-corrected chi connectivity index (χ2v) is 12.0. The van der Waals surface area contributed by atoms with Crippen molar-refractivity contribution in [3.05, 3.63) is 64.7 Å². The van der Waals surface area contributed by atoms with E-state index >= 15 is 0 Å². The molecule has 1 atom stereocenters.